The molecule has 0 amide bonds. The first kappa shape index (κ1) is 12.6. The summed E-state index contributed by atoms with van der Waals surface area (Å²) in [6.07, 6.45) is 8.76. The fourth-order valence-electron chi connectivity index (χ4n) is 2.73. The predicted molar refractivity (Wildman–Crippen MR) is 69.7 cm³/mol. The van der Waals surface area contributed by atoms with Gasteiger partial charge < -0.3 is 5.73 Å². The summed E-state index contributed by atoms with van der Waals surface area (Å²) in [5.74, 6) is 0. The highest BCUT2D eigenvalue weighted by atomic mass is 15.3. The fourth-order valence-corrected chi connectivity index (χ4v) is 2.73. The van der Waals surface area contributed by atoms with Crippen molar-refractivity contribution in [1.29, 1.82) is 0 Å². The highest BCUT2D eigenvalue weighted by molar-refractivity contribution is 4.82. The van der Waals surface area contributed by atoms with Crippen molar-refractivity contribution in [3.05, 3.63) is 18.5 Å². The Labute approximate surface area is 104 Å². The number of rotatable bonds is 5. The second-order valence-electron chi connectivity index (χ2n) is 4.97. The van der Waals surface area contributed by atoms with Gasteiger partial charge in [0, 0.05) is 31.0 Å². The number of hydrogen-bond donors (Lipinski definition) is 1. The molecule has 2 N–H and O–H groups in total. The van der Waals surface area contributed by atoms with E-state index in [2.05, 4.69) is 16.9 Å². The molecule has 17 heavy (non-hydrogen) atoms. The molecular weight excluding hydrogens is 212 g/mol. The Kier molecular flexibility index (Phi) is 4.57. The standard InChI is InChI=1S/C13H24N4/c1-2-16(10-11-17-9-3-8-15-17)13-6-4-12(14)5-7-13/h3,8-9,12-13H,2,4-7,10-11,14H2,1H3. The van der Waals surface area contributed by atoms with E-state index in [9.17, 15) is 0 Å². The quantitative estimate of drug-likeness (QED) is 0.842. The maximum Gasteiger partial charge on any atom is 0.0536 e. The first-order valence-corrected chi connectivity index (χ1v) is 6.76. The van der Waals surface area contributed by atoms with Gasteiger partial charge in [0.1, 0.15) is 0 Å². The van der Waals surface area contributed by atoms with Gasteiger partial charge in [-0.3, -0.25) is 9.58 Å². The third-order valence-corrected chi connectivity index (χ3v) is 3.84. The van der Waals surface area contributed by atoms with E-state index in [4.69, 9.17) is 5.73 Å². The van der Waals surface area contributed by atoms with Crippen LogP contribution in [0.15, 0.2) is 18.5 Å². The Hall–Kier alpha value is -0.870. The number of nitrogens with zero attached hydrogens (tertiary/aromatic N) is 3. The van der Waals surface area contributed by atoms with Gasteiger partial charge in [0.2, 0.25) is 0 Å². The summed E-state index contributed by atoms with van der Waals surface area (Å²) in [5.41, 5.74) is 5.96. The Bertz CT molecular complexity index is 301. The van der Waals surface area contributed by atoms with E-state index in [1.807, 2.05) is 23.1 Å². The van der Waals surface area contributed by atoms with Crippen molar-refractivity contribution in [2.45, 2.75) is 51.2 Å². The van der Waals surface area contributed by atoms with E-state index in [1.165, 1.54) is 25.7 Å². The molecule has 0 aromatic carbocycles. The van der Waals surface area contributed by atoms with Gasteiger partial charge >= 0.3 is 0 Å². The Morgan fingerprint density at radius 3 is 2.71 bits per heavy atom. The summed E-state index contributed by atoms with van der Waals surface area (Å²) in [6.45, 7) is 5.46. The van der Waals surface area contributed by atoms with Crippen LogP contribution in [0.4, 0.5) is 0 Å². The Morgan fingerprint density at radius 2 is 2.12 bits per heavy atom. The number of aromatic nitrogens is 2. The predicted octanol–water partition coefficient (Wildman–Crippen LogP) is 1.47. The summed E-state index contributed by atoms with van der Waals surface area (Å²) in [6, 6.07) is 3.15. The van der Waals surface area contributed by atoms with Crippen LogP contribution in [-0.2, 0) is 6.54 Å². The molecule has 1 aromatic rings. The minimum absolute atomic E-state index is 0.441. The average Bonchev–Trinajstić information content (AvgIpc) is 2.85. The van der Waals surface area contributed by atoms with Crippen LogP contribution in [0, 0.1) is 0 Å². The molecule has 4 heteroatoms. The second-order valence-corrected chi connectivity index (χ2v) is 4.97. The number of likely N-dealkylation sites (N-methyl/N-ethyl adjacent to an activating group) is 1. The van der Waals surface area contributed by atoms with E-state index in [0.29, 0.717) is 6.04 Å². The van der Waals surface area contributed by atoms with Gasteiger partial charge in [-0.25, -0.2) is 0 Å². The topological polar surface area (TPSA) is 47.1 Å². The van der Waals surface area contributed by atoms with Gasteiger partial charge in [0.25, 0.3) is 0 Å². The monoisotopic (exact) mass is 236 g/mol. The number of hydrogen-bond acceptors (Lipinski definition) is 3. The van der Waals surface area contributed by atoms with Crippen molar-refractivity contribution < 1.29 is 0 Å². The fraction of sp³-hybridized carbons (Fsp3) is 0.769. The van der Waals surface area contributed by atoms with Gasteiger partial charge in [-0.2, -0.15) is 5.10 Å². The lowest BCUT2D eigenvalue weighted by Crippen LogP contribution is -2.42. The minimum Gasteiger partial charge on any atom is -0.328 e. The molecule has 1 fully saturated rings. The van der Waals surface area contributed by atoms with Crippen molar-refractivity contribution >= 4 is 0 Å². The molecule has 2 rings (SSSR count). The SMILES string of the molecule is CCN(CCn1cccn1)C1CCC(N)CC1. The normalized spacial score (nSPS) is 25.4. The van der Waals surface area contributed by atoms with Crippen LogP contribution in [0.2, 0.25) is 0 Å². The Balaban J connectivity index is 1.80. The van der Waals surface area contributed by atoms with Crippen LogP contribution in [0.1, 0.15) is 32.6 Å². The molecule has 1 aromatic heterocycles. The smallest absolute Gasteiger partial charge is 0.0536 e. The molecule has 0 radical (unpaired) electrons. The van der Waals surface area contributed by atoms with Crippen molar-refractivity contribution in [1.82, 2.24) is 14.7 Å². The van der Waals surface area contributed by atoms with Gasteiger partial charge in [-0.15, -0.1) is 0 Å². The molecule has 0 spiro atoms. The van der Waals surface area contributed by atoms with Gasteiger partial charge in [-0.05, 0) is 38.3 Å². The van der Waals surface area contributed by atoms with Crippen molar-refractivity contribution in [3.8, 4) is 0 Å². The summed E-state index contributed by atoms with van der Waals surface area (Å²) < 4.78 is 2.01. The lowest BCUT2D eigenvalue weighted by molar-refractivity contribution is 0.150. The van der Waals surface area contributed by atoms with Crippen molar-refractivity contribution in [3.63, 3.8) is 0 Å². The molecule has 1 heterocycles. The summed E-state index contributed by atoms with van der Waals surface area (Å²) in [5, 5.41) is 4.25. The van der Waals surface area contributed by atoms with E-state index in [-0.39, 0.29) is 0 Å². The zero-order chi connectivity index (χ0) is 12.1. The zero-order valence-electron chi connectivity index (χ0n) is 10.8. The largest absolute Gasteiger partial charge is 0.328 e. The molecule has 1 saturated carbocycles. The summed E-state index contributed by atoms with van der Waals surface area (Å²) in [4.78, 5) is 2.58. The van der Waals surface area contributed by atoms with Gasteiger partial charge in [-0.1, -0.05) is 6.92 Å². The molecule has 0 bridgehead atoms. The van der Waals surface area contributed by atoms with Gasteiger partial charge in [0.15, 0.2) is 0 Å². The molecule has 0 unspecified atom stereocenters. The lowest BCUT2D eigenvalue weighted by Gasteiger charge is -2.35. The molecular formula is C13H24N4. The molecule has 1 aliphatic carbocycles. The second kappa shape index (κ2) is 6.17. The van der Waals surface area contributed by atoms with Crippen LogP contribution in [-0.4, -0.2) is 39.9 Å². The van der Waals surface area contributed by atoms with E-state index in [0.717, 1.165) is 25.7 Å². The van der Waals surface area contributed by atoms with Crippen LogP contribution in [0.5, 0.6) is 0 Å². The first-order chi connectivity index (χ1) is 8.29. The highest BCUT2D eigenvalue weighted by Gasteiger charge is 2.22. The molecule has 0 saturated heterocycles. The zero-order valence-corrected chi connectivity index (χ0v) is 10.8. The van der Waals surface area contributed by atoms with Crippen molar-refractivity contribution in [2.24, 2.45) is 5.73 Å². The minimum atomic E-state index is 0.441. The maximum atomic E-state index is 5.96. The molecule has 96 valence electrons. The van der Waals surface area contributed by atoms with Crippen LogP contribution < -0.4 is 5.73 Å². The molecule has 1 aliphatic rings. The summed E-state index contributed by atoms with van der Waals surface area (Å²) in [7, 11) is 0. The lowest BCUT2D eigenvalue weighted by atomic mass is 9.91. The van der Waals surface area contributed by atoms with E-state index in [1.54, 1.807) is 0 Å². The van der Waals surface area contributed by atoms with Crippen LogP contribution >= 0.6 is 0 Å². The summed E-state index contributed by atoms with van der Waals surface area (Å²) >= 11 is 0. The average molecular weight is 236 g/mol. The van der Waals surface area contributed by atoms with E-state index >= 15 is 0 Å². The highest BCUT2D eigenvalue weighted by Crippen LogP contribution is 2.21. The molecule has 4 nitrogen and oxygen atoms in total. The van der Waals surface area contributed by atoms with Crippen LogP contribution in [0.25, 0.3) is 0 Å². The third-order valence-electron chi connectivity index (χ3n) is 3.84. The third kappa shape index (κ3) is 3.54. The first-order valence-electron chi connectivity index (χ1n) is 6.76. The Morgan fingerprint density at radius 1 is 1.35 bits per heavy atom. The maximum absolute atomic E-state index is 5.96. The number of nitrogens with two attached hydrogens (primary N) is 1. The van der Waals surface area contributed by atoms with Gasteiger partial charge in [0.05, 0.1) is 6.54 Å². The molecule has 0 aliphatic heterocycles. The molecule has 0 atom stereocenters. The van der Waals surface area contributed by atoms with Crippen LogP contribution in [0.3, 0.4) is 0 Å². The van der Waals surface area contributed by atoms with Crippen molar-refractivity contribution in [2.75, 3.05) is 13.1 Å². The van der Waals surface area contributed by atoms with E-state index < -0.39 is 0 Å².